The van der Waals surface area contributed by atoms with Crippen molar-refractivity contribution in [1.29, 1.82) is 0 Å². The highest BCUT2D eigenvalue weighted by atomic mass is 19.4. The molecule has 0 saturated heterocycles. The van der Waals surface area contributed by atoms with E-state index in [1.54, 1.807) is 0 Å². The van der Waals surface area contributed by atoms with E-state index in [0.717, 1.165) is 6.92 Å². The van der Waals surface area contributed by atoms with Gasteiger partial charge in [0.15, 0.2) is 0 Å². The van der Waals surface area contributed by atoms with E-state index in [1.165, 1.54) is 0 Å². The Morgan fingerprint density at radius 1 is 1.55 bits per heavy atom. The van der Waals surface area contributed by atoms with Crippen molar-refractivity contribution in [3.63, 3.8) is 0 Å². The van der Waals surface area contributed by atoms with E-state index in [-0.39, 0.29) is 0 Å². The molecule has 0 rings (SSSR count). The molecule has 0 saturated carbocycles. The molecule has 1 N–H and O–H groups in total. The molecule has 0 aromatic heterocycles. The van der Waals surface area contributed by atoms with Crippen LogP contribution in [0.15, 0.2) is 11.8 Å². The summed E-state index contributed by atoms with van der Waals surface area (Å²) in [6.07, 6.45) is -6.18. The van der Waals surface area contributed by atoms with E-state index >= 15 is 0 Å². The molecule has 0 aliphatic carbocycles. The van der Waals surface area contributed by atoms with Gasteiger partial charge in [-0.05, 0) is 13.0 Å². The number of rotatable bonds is 1. The van der Waals surface area contributed by atoms with Gasteiger partial charge in [-0.25, -0.2) is 4.79 Å². The van der Waals surface area contributed by atoms with Crippen LogP contribution in [0.25, 0.3) is 0 Å². The molecule has 0 aromatic carbocycles. The molecule has 64 valence electrons. The van der Waals surface area contributed by atoms with Gasteiger partial charge in [-0.3, -0.25) is 0 Å². The Morgan fingerprint density at radius 3 is 2.09 bits per heavy atom. The van der Waals surface area contributed by atoms with Crippen LogP contribution < -0.4 is 0 Å². The van der Waals surface area contributed by atoms with E-state index in [9.17, 15) is 18.0 Å². The average molecular weight is 170 g/mol. The molecule has 0 aromatic rings. The number of hydrogen-bond acceptors (Lipinski definition) is 2. The molecule has 0 aliphatic heterocycles. The first-order chi connectivity index (χ1) is 4.88. The summed E-state index contributed by atoms with van der Waals surface area (Å²) in [4.78, 5) is 9.65. The molecule has 0 heterocycles. The van der Waals surface area contributed by atoms with Gasteiger partial charge in [0.05, 0.1) is 0 Å². The average Bonchev–Trinajstić information content (AvgIpc) is 1.79. The number of halogens is 3. The van der Waals surface area contributed by atoms with E-state index in [4.69, 9.17) is 5.11 Å². The first-order valence-electron chi connectivity index (χ1n) is 2.52. The maximum atomic E-state index is 11.6. The summed E-state index contributed by atoms with van der Waals surface area (Å²) >= 11 is 0. The van der Waals surface area contributed by atoms with Gasteiger partial charge in [-0.15, -0.1) is 0 Å². The Labute approximate surface area is 60.1 Å². The summed E-state index contributed by atoms with van der Waals surface area (Å²) in [6.45, 7) is 1.03. The second-order valence-corrected chi connectivity index (χ2v) is 1.52. The molecule has 0 spiro atoms. The summed E-state index contributed by atoms with van der Waals surface area (Å²) in [6, 6.07) is 0. The maximum Gasteiger partial charge on any atom is 0.511 e. The van der Waals surface area contributed by atoms with Crippen LogP contribution in [0.5, 0.6) is 0 Å². The van der Waals surface area contributed by atoms with Gasteiger partial charge in [-0.1, -0.05) is 0 Å². The Hall–Kier alpha value is -1.20. The fourth-order valence-corrected chi connectivity index (χ4v) is 0.375. The van der Waals surface area contributed by atoms with Crippen molar-refractivity contribution in [2.75, 3.05) is 0 Å². The molecular weight excluding hydrogens is 165 g/mol. The minimum Gasteiger partial charge on any atom is -0.449 e. The molecule has 6 heteroatoms. The van der Waals surface area contributed by atoms with Gasteiger partial charge in [0.2, 0.25) is 5.76 Å². The molecular formula is C5H5F3O3. The van der Waals surface area contributed by atoms with Crippen LogP contribution in [0.3, 0.4) is 0 Å². The summed E-state index contributed by atoms with van der Waals surface area (Å²) < 4.78 is 38.3. The number of carbonyl (C=O) groups is 1. The zero-order valence-electron chi connectivity index (χ0n) is 5.47. The van der Waals surface area contributed by atoms with Crippen molar-refractivity contribution in [3.8, 4) is 0 Å². The van der Waals surface area contributed by atoms with Crippen molar-refractivity contribution < 1.29 is 27.8 Å². The molecule has 0 atom stereocenters. The second kappa shape index (κ2) is 3.27. The van der Waals surface area contributed by atoms with Gasteiger partial charge in [0.25, 0.3) is 0 Å². The monoisotopic (exact) mass is 170 g/mol. The lowest BCUT2D eigenvalue weighted by Gasteiger charge is -2.07. The smallest absolute Gasteiger partial charge is 0.449 e. The Balaban J connectivity index is 4.33. The molecule has 0 unspecified atom stereocenters. The molecule has 3 nitrogen and oxygen atoms in total. The number of ether oxygens (including phenoxy) is 1. The van der Waals surface area contributed by atoms with E-state index in [1.807, 2.05) is 0 Å². The third-order valence-corrected chi connectivity index (χ3v) is 0.739. The lowest BCUT2D eigenvalue weighted by Crippen LogP contribution is -2.16. The van der Waals surface area contributed by atoms with Gasteiger partial charge in [0, 0.05) is 0 Å². The van der Waals surface area contributed by atoms with Crippen LogP contribution in [0.4, 0.5) is 18.0 Å². The number of carboxylic acid groups (broad SMARTS) is 1. The second-order valence-electron chi connectivity index (χ2n) is 1.52. The van der Waals surface area contributed by atoms with Crippen molar-refractivity contribution in [1.82, 2.24) is 0 Å². The summed E-state index contributed by atoms with van der Waals surface area (Å²) in [5.74, 6) is -1.52. The van der Waals surface area contributed by atoms with Crippen LogP contribution in [0.1, 0.15) is 6.92 Å². The quantitative estimate of drug-likeness (QED) is 0.484. The largest absolute Gasteiger partial charge is 0.511 e. The lowest BCUT2D eigenvalue weighted by molar-refractivity contribution is -0.124. The standard InChI is InChI=1S/C5H5F3O3/c1-2-3(5(6,7)8)11-4(9)10/h2H,1H3,(H,9,10). The van der Waals surface area contributed by atoms with E-state index in [2.05, 4.69) is 4.74 Å². The van der Waals surface area contributed by atoms with Crippen molar-refractivity contribution in [3.05, 3.63) is 11.8 Å². The number of hydrogen-bond donors (Lipinski definition) is 1. The minimum absolute atomic E-state index is 0.536. The van der Waals surface area contributed by atoms with Crippen LogP contribution >= 0.6 is 0 Å². The normalized spacial score (nSPS) is 12.9. The minimum atomic E-state index is -4.74. The number of alkyl halides is 3. The highest BCUT2D eigenvalue weighted by molar-refractivity contribution is 5.58. The topological polar surface area (TPSA) is 46.5 Å². The summed E-state index contributed by atoms with van der Waals surface area (Å²) in [5, 5.41) is 7.82. The first-order valence-corrected chi connectivity index (χ1v) is 2.52. The molecule has 11 heavy (non-hydrogen) atoms. The van der Waals surface area contributed by atoms with Crippen LogP contribution in [-0.4, -0.2) is 17.4 Å². The summed E-state index contributed by atoms with van der Waals surface area (Å²) in [7, 11) is 0. The van der Waals surface area contributed by atoms with Crippen molar-refractivity contribution >= 4 is 6.16 Å². The summed E-state index contributed by atoms with van der Waals surface area (Å²) in [5.41, 5.74) is 0. The molecule has 0 bridgehead atoms. The Bertz CT molecular complexity index is 182. The fraction of sp³-hybridized carbons (Fsp3) is 0.400. The Kier molecular flexibility index (Phi) is 2.91. The third kappa shape index (κ3) is 3.49. The highest BCUT2D eigenvalue weighted by Crippen LogP contribution is 2.26. The fourth-order valence-electron chi connectivity index (χ4n) is 0.375. The predicted molar refractivity (Wildman–Crippen MR) is 28.9 cm³/mol. The van der Waals surface area contributed by atoms with Gasteiger partial charge >= 0.3 is 12.3 Å². The van der Waals surface area contributed by atoms with Gasteiger partial charge < -0.3 is 9.84 Å². The van der Waals surface area contributed by atoms with E-state index in [0.29, 0.717) is 6.08 Å². The molecule has 0 amide bonds. The zero-order valence-corrected chi connectivity index (χ0v) is 5.47. The highest BCUT2D eigenvalue weighted by Gasteiger charge is 2.36. The zero-order chi connectivity index (χ0) is 9.07. The first kappa shape index (κ1) is 9.80. The van der Waals surface area contributed by atoms with Crippen LogP contribution in [0, 0.1) is 0 Å². The van der Waals surface area contributed by atoms with Crippen molar-refractivity contribution in [2.45, 2.75) is 13.1 Å². The van der Waals surface area contributed by atoms with Gasteiger partial charge in [0.1, 0.15) is 0 Å². The predicted octanol–water partition coefficient (Wildman–Crippen LogP) is 2.15. The van der Waals surface area contributed by atoms with Crippen molar-refractivity contribution in [2.24, 2.45) is 0 Å². The van der Waals surface area contributed by atoms with E-state index < -0.39 is 18.1 Å². The molecule has 0 radical (unpaired) electrons. The Morgan fingerprint density at radius 2 is 2.00 bits per heavy atom. The molecule has 0 fully saturated rings. The number of allylic oxidation sites excluding steroid dienone is 2. The van der Waals surface area contributed by atoms with Crippen LogP contribution in [-0.2, 0) is 4.74 Å². The van der Waals surface area contributed by atoms with Gasteiger partial charge in [-0.2, -0.15) is 13.2 Å². The molecule has 0 aliphatic rings. The lowest BCUT2D eigenvalue weighted by atomic mass is 10.4. The third-order valence-electron chi connectivity index (χ3n) is 0.739. The van der Waals surface area contributed by atoms with Crippen LogP contribution in [0.2, 0.25) is 0 Å². The SMILES string of the molecule is CC=C(OC(=O)O)C(F)(F)F. The maximum absolute atomic E-state index is 11.6.